The molecule has 0 spiro atoms. The molecule has 3 nitrogen and oxygen atoms in total. The van der Waals surface area contributed by atoms with Gasteiger partial charge in [-0.3, -0.25) is 0 Å². The van der Waals surface area contributed by atoms with Crippen molar-refractivity contribution in [1.82, 2.24) is 0 Å². The normalized spacial score (nSPS) is 14.8. The van der Waals surface area contributed by atoms with Crippen LogP contribution in [0.25, 0.3) is 0 Å². The maximum Gasteiger partial charge on any atom is 0.105 e. The summed E-state index contributed by atoms with van der Waals surface area (Å²) in [5.74, 6) is 0. The molecule has 0 radical (unpaired) electrons. The van der Waals surface area contributed by atoms with Crippen molar-refractivity contribution < 1.29 is 13.7 Å². The Morgan fingerprint density at radius 3 is 1.78 bits per heavy atom. The van der Waals surface area contributed by atoms with Crippen molar-refractivity contribution in [3.05, 3.63) is 0 Å². The van der Waals surface area contributed by atoms with Crippen molar-refractivity contribution >= 4 is 0 Å². The smallest absolute Gasteiger partial charge is 0.105 e. The molecule has 0 N–H and O–H groups in total. The van der Waals surface area contributed by atoms with Gasteiger partial charge in [-0.1, -0.05) is 0 Å². The van der Waals surface area contributed by atoms with Crippen molar-refractivity contribution in [2.45, 2.75) is 40.7 Å². The molecule has 0 heterocycles. The highest BCUT2D eigenvalue weighted by Gasteiger charge is 2.24. The number of hydrogen-bond donors (Lipinski definition) is 0. The van der Waals surface area contributed by atoms with Crippen molar-refractivity contribution in [3.8, 4) is 0 Å². The molecule has 0 aliphatic carbocycles. The molecule has 110 valence electrons. The minimum atomic E-state index is 0.363. The Hall–Kier alpha value is -0.120. The van der Waals surface area contributed by atoms with Crippen LogP contribution >= 0.6 is 0 Å². The minimum absolute atomic E-state index is 0.363. The first-order valence-electron chi connectivity index (χ1n) is 7.63. The fourth-order valence-corrected chi connectivity index (χ4v) is 2.32. The van der Waals surface area contributed by atoms with E-state index in [1.54, 1.807) is 0 Å². The monoisotopic (exact) mass is 260 g/mol. The lowest BCUT2D eigenvalue weighted by atomic mass is 10.2. The Kier molecular flexibility index (Phi) is 8.08. The van der Waals surface area contributed by atoms with Gasteiger partial charge < -0.3 is 13.7 Å². The lowest BCUT2D eigenvalue weighted by molar-refractivity contribution is -0.926. The Bertz CT molecular complexity index is 204. The standard InChI is InChI=1S/C15H36N2O/c1-8-16(6,7)12-13-18-15(5)14-17(9-2,10-3)11-4/h15H,8-14H2,1-7H3/q+2. The van der Waals surface area contributed by atoms with Gasteiger partial charge in [0, 0.05) is 0 Å². The van der Waals surface area contributed by atoms with Gasteiger partial charge in [-0.2, -0.15) is 0 Å². The lowest BCUT2D eigenvalue weighted by Gasteiger charge is -2.38. The van der Waals surface area contributed by atoms with Gasteiger partial charge >= 0.3 is 0 Å². The molecule has 0 saturated heterocycles. The van der Waals surface area contributed by atoms with Gasteiger partial charge in [-0.15, -0.1) is 0 Å². The largest absolute Gasteiger partial charge is 0.367 e. The minimum Gasteiger partial charge on any atom is -0.367 e. The number of ether oxygens (including phenoxy) is 1. The molecule has 1 unspecified atom stereocenters. The van der Waals surface area contributed by atoms with Crippen LogP contribution < -0.4 is 0 Å². The lowest BCUT2D eigenvalue weighted by Crippen LogP contribution is -2.52. The third-order valence-corrected chi connectivity index (χ3v) is 4.61. The highest BCUT2D eigenvalue weighted by atomic mass is 16.5. The maximum atomic E-state index is 6.01. The Morgan fingerprint density at radius 2 is 1.39 bits per heavy atom. The van der Waals surface area contributed by atoms with Crippen LogP contribution in [0, 0.1) is 0 Å². The maximum absolute atomic E-state index is 6.01. The zero-order chi connectivity index (χ0) is 14.2. The predicted octanol–water partition coefficient (Wildman–Crippen LogP) is 2.36. The molecule has 0 aromatic carbocycles. The van der Waals surface area contributed by atoms with Crippen molar-refractivity contribution in [2.75, 3.05) is 60.0 Å². The zero-order valence-corrected chi connectivity index (χ0v) is 13.8. The average Bonchev–Trinajstić information content (AvgIpc) is 2.36. The third-order valence-electron chi connectivity index (χ3n) is 4.61. The number of rotatable bonds is 10. The zero-order valence-electron chi connectivity index (χ0n) is 13.8. The molecular weight excluding hydrogens is 224 g/mol. The summed E-state index contributed by atoms with van der Waals surface area (Å²) >= 11 is 0. The second-order valence-corrected chi connectivity index (χ2v) is 6.13. The molecule has 3 heteroatoms. The molecule has 0 rings (SSSR count). The molecular formula is C15H36N2O+2. The predicted molar refractivity (Wildman–Crippen MR) is 79.7 cm³/mol. The van der Waals surface area contributed by atoms with Crippen LogP contribution in [0.15, 0.2) is 0 Å². The van der Waals surface area contributed by atoms with Crippen molar-refractivity contribution in [1.29, 1.82) is 0 Å². The molecule has 18 heavy (non-hydrogen) atoms. The van der Waals surface area contributed by atoms with Crippen LogP contribution in [0.2, 0.25) is 0 Å². The van der Waals surface area contributed by atoms with Gasteiger partial charge in [0.15, 0.2) is 0 Å². The van der Waals surface area contributed by atoms with Gasteiger partial charge in [0.05, 0.1) is 46.9 Å². The van der Waals surface area contributed by atoms with E-state index in [2.05, 4.69) is 48.7 Å². The molecule has 0 aliphatic heterocycles. The van der Waals surface area contributed by atoms with Gasteiger partial charge in [-0.25, -0.2) is 0 Å². The summed E-state index contributed by atoms with van der Waals surface area (Å²) in [5.41, 5.74) is 0. The molecule has 0 aliphatic rings. The molecule has 0 saturated carbocycles. The molecule has 0 aromatic rings. The second kappa shape index (κ2) is 8.13. The topological polar surface area (TPSA) is 9.23 Å². The van der Waals surface area contributed by atoms with Gasteiger partial charge in [-0.05, 0) is 34.6 Å². The van der Waals surface area contributed by atoms with Gasteiger partial charge in [0.25, 0.3) is 0 Å². The van der Waals surface area contributed by atoms with Gasteiger partial charge in [0.1, 0.15) is 19.2 Å². The van der Waals surface area contributed by atoms with E-state index < -0.39 is 0 Å². The average molecular weight is 260 g/mol. The van der Waals surface area contributed by atoms with Crippen LogP contribution in [0.3, 0.4) is 0 Å². The molecule has 0 amide bonds. The molecule has 1 atom stereocenters. The van der Waals surface area contributed by atoms with Crippen LogP contribution in [0.4, 0.5) is 0 Å². The van der Waals surface area contributed by atoms with E-state index >= 15 is 0 Å². The van der Waals surface area contributed by atoms with Crippen LogP contribution in [-0.2, 0) is 4.74 Å². The van der Waals surface area contributed by atoms with E-state index in [-0.39, 0.29) is 0 Å². The highest BCUT2D eigenvalue weighted by Crippen LogP contribution is 2.09. The molecule has 0 fully saturated rings. The van der Waals surface area contributed by atoms with Crippen molar-refractivity contribution in [2.24, 2.45) is 0 Å². The SMILES string of the molecule is CC[N+](C)(C)CCOC(C)C[N+](CC)(CC)CC. The highest BCUT2D eigenvalue weighted by molar-refractivity contribution is 4.50. The number of nitrogens with zero attached hydrogens (tertiary/aromatic N) is 2. The first kappa shape index (κ1) is 17.9. The Balaban J connectivity index is 4.07. The van der Waals surface area contributed by atoms with Gasteiger partial charge in [0.2, 0.25) is 0 Å². The first-order chi connectivity index (χ1) is 8.34. The van der Waals surface area contributed by atoms with E-state index in [1.165, 1.54) is 24.1 Å². The summed E-state index contributed by atoms with van der Waals surface area (Å²) in [4.78, 5) is 0. The summed E-state index contributed by atoms with van der Waals surface area (Å²) in [6.45, 7) is 19.2. The molecule has 0 bridgehead atoms. The summed E-state index contributed by atoms with van der Waals surface area (Å²) in [6, 6.07) is 0. The van der Waals surface area contributed by atoms with Crippen LogP contribution in [0.5, 0.6) is 0 Å². The van der Waals surface area contributed by atoms with Crippen LogP contribution in [0.1, 0.15) is 34.6 Å². The Morgan fingerprint density at radius 1 is 0.889 bits per heavy atom. The Labute approximate surface area is 115 Å². The van der Waals surface area contributed by atoms with E-state index in [9.17, 15) is 0 Å². The number of hydrogen-bond acceptors (Lipinski definition) is 1. The summed E-state index contributed by atoms with van der Waals surface area (Å²) in [7, 11) is 4.52. The fourth-order valence-electron chi connectivity index (χ4n) is 2.32. The van der Waals surface area contributed by atoms with E-state index in [0.717, 1.165) is 30.7 Å². The van der Waals surface area contributed by atoms with E-state index in [0.29, 0.717) is 6.10 Å². The summed E-state index contributed by atoms with van der Waals surface area (Å²) < 4.78 is 8.23. The number of quaternary nitrogens is 2. The van der Waals surface area contributed by atoms with E-state index in [1.807, 2.05) is 0 Å². The molecule has 0 aromatic heterocycles. The van der Waals surface area contributed by atoms with Crippen molar-refractivity contribution in [3.63, 3.8) is 0 Å². The second-order valence-electron chi connectivity index (χ2n) is 6.13. The third kappa shape index (κ3) is 6.17. The summed E-state index contributed by atoms with van der Waals surface area (Å²) in [6.07, 6.45) is 0.363. The quantitative estimate of drug-likeness (QED) is 0.548. The summed E-state index contributed by atoms with van der Waals surface area (Å²) in [5, 5.41) is 0. The first-order valence-corrected chi connectivity index (χ1v) is 7.63. The van der Waals surface area contributed by atoms with Crippen LogP contribution in [-0.4, -0.2) is 75.0 Å². The fraction of sp³-hybridized carbons (Fsp3) is 1.00. The number of likely N-dealkylation sites (N-methyl/N-ethyl adjacent to an activating group) is 2. The van der Waals surface area contributed by atoms with E-state index in [4.69, 9.17) is 4.74 Å².